The molecule has 2 aliphatic rings. The van der Waals surface area contributed by atoms with Crippen molar-refractivity contribution in [2.75, 3.05) is 23.7 Å². The maximum Gasteiger partial charge on any atom is 0.185 e. The van der Waals surface area contributed by atoms with E-state index in [0.29, 0.717) is 0 Å². The minimum absolute atomic E-state index is 0.779. The number of anilines is 1. The molecule has 3 rings (SSSR count). The highest BCUT2D eigenvalue weighted by molar-refractivity contribution is 8.00. The number of rotatable bonds is 6. The quantitative estimate of drug-likeness (QED) is 0.872. The van der Waals surface area contributed by atoms with Crippen molar-refractivity contribution < 1.29 is 0 Å². The van der Waals surface area contributed by atoms with Gasteiger partial charge in [0.25, 0.3) is 0 Å². The van der Waals surface area contributed by atoms with E-state index in [0.717, 1.165) is 30.8 Å². The predicted octanol–water partition coefficient (Wildman–Crippen LogP) is 3.29. The van der Waals surface area contributed by atoms with Gasteiger partial charge in [-0.1, -0.05) is 13.8 Å². The van der Waals surface area contributed by atoms with Gasteiger partial charge in [-0.2, -0.15) is 11.8 Å². The van der Waals surface area contributed by atoms with E-state index in [4.69, 9.17) is 4.98 Å². The van der Waals surface area contributed by atoms with Crippen molar-refractivity contribution >= 4 is 28.2 Å². The molecule has 1 aromatic heterocycles. The Hall–Kier alpha value is -0.260. The van der Waals surface area contributed by atoms with E-state index in [1.54, 1.807) is 0 Å². The standard InChI is InChI=1S/C15H25N3S2/c1-3-12-10-18(7-8-19-12)15-17-13(4-2)14(20-15)9-16-11-5-6-11/h11-12,16H,3-10H2,1-2H3. The third-order valence-electron chi connectivity index (χ3n) is 4.10. The van der Waals surface area contributed by atoms with Crippen molar-refractivity contribution in [2.24, 2.45) is 0 Å². The lowest BCUT2D eigenvalue weighted by Crippen LogP contribution is -2.37. The second-order valence-corrected chi connectivity index (χ2v) is 8.19. The lowest BCUT2D eigenvalue weighted by atomic mass is 10.3. The minimum Gasteiger partial charge on any atom is -0.346 e. The van der Waals surface area contributed by atoms with Gasteiger partial charge in [0.15, 0.2) is 5.13 Å². The van der Waals surface area contributed by atoms with Crippen molar-refractivity contribution in [1.29, 1.82) is 0 Å². The first-order chi connectivity index (χ1) is 9.80. The van der Waals surface area contributed by atoms with Gasteiger partial charge in [-0.3, -0.25) is 0 Å². The summed E-state index contributed by atoms with van der Waals surface area (Å²) in [4.78, 5) is 8.88. The topological polar surface area (TPSA) is 28.2 Å². The van der Waals surface area contributed by atoms with Gasteiger partial charge < -0.3 is 10.2 Å². The highest BCUT2D eigenvalue weighted by atomic mass is 32.2. The second kappa shape index (κ2) is 6.67. The molecule has 0 aromatic carbocycles. The summed E-state index contributed by atoms with van der Waals surface area (Å²) in [6, 6.07) is 0.779. The van der Waals surface area contributed by atoms with E-state index in [-0.39, 0.29) is 0 Å². The van der Waals surface area contributed by atoms with Gasteiger partial charge in [0, 0.05) is 41.6 Å². The summed E-state index contributed by atoms with van der Waals surface area (Å²) in [6.45, 7) is 7.87. The molecule has 0 radical (unpaired) electrons. The van der Waals surface area contributed by atoms with Gasteiger partial charge in [0.05, 0.1) is 5.69 Å². The first kappa shape index (κ1) is 14.7. The van der Waals surface area contributed by atoms with Crippen LogP contribution in [0.5, 0.6) is 0 Å². The van der Waals surface area contributed by atoms with Crippen LogP contribution in [0, 0.1) is 0 Å². The largest absolute Gasteiger partial charge is 0.346 e. The van der Waals surface area contributed by atoms with Crippen LogP contribution >= 0.6 is 23.1 Å². The van der Waals surface area contributed by atoms with Crippen LogP contribution in [-0.4, -0.2) is 35.1 Å². The van der Waals surface area contributed by atoms with Crippen LogP contribution in [0.25, 0.3) is 0 Å². The molecule has 0 amide bonds. The van der Waals surface area contributed by atoms with Gasteiger partial charge in [-0.05, 0) is 25.7 Å². The zero-order valence-electron chi connectivity index (χ0n) is 12.5. The second-order valence-electron chi connectivity index (χ2n) is 5.72. The number of thiazole rings is 1. The SMILES string of the molecule is CCc1nc(N2CCSC(CC)C2)sc1CNC1CC1. The molecule has 3 nitrogen and oxygen atoms in total. The predicted molar refractivity (Wildman–Crippen MR) is 90.1 cm³/mol. The molecule has 1 aromatic rings. The normalized spacial score (nSPS) is 23.3. The fourth-order valence-corrected chi connectivity index (χ4v) is 4.90. The van der Waals surface area contributed by atoms with Crippen LogP contribution in [0.15, 0.2) is 0 Å². The zero-order chi connectivity index (χ0) is 13.9. The summed E-state index contributed by atoms with van der Waals surface area (Å²) in [5.74, 6) is 1.25. The van der Waals surface area contributed by atoms with Gasteiger partial charge >= 0.3 is 0 Å². The van der Waals surface area contributed by atoms with Gasteiger partial charge in [-0.15, -0.1) is 11.3 Å². The number of aromatic nitrogens is 1. The molecule has 2 heterocycles. The Bertz CT molecular complexity index is 442. The van der Waals surface area contributed by atoms with Crippen LogP contribution in [0.2, 0.25) is 0 Å². The Morgan fingerprint density at radius 3 is 2.90 bits per heavy atom. The average Bonchev–Trinajstić information content (AvgIpc) is 3.23. The summed E-state index contributed by atoms with van der Waals surface area (Å²) < 4.78 is 0. The first-order valence-electron chi connectivity index (χ1n) is 7.88. The van der Waals surface area contributed by atoms with Crippen LogP contribution in [0.3, 0.4) is 0 Å². The third-order valence-corrected chi connectivity index (χ3v) is 6.63. The number of nitrogens with zero attached hydrogens (tertiary/aromatic N) is 2. The molecular formula is C15H25N3S2. The molecule has 1 unspecified atom stereocenters. The van der Waals surface area contributed by atoms with Gasteiger partial charge in [0.2, 0.25) is 0 Å². The van der Waals surface area contributed by atoms with Crippen LogP contribution in [0.1, 0.15) is 43.7 Å². The molecule has 20 heavy (non-hydrogen) atoms. The highest BCUT2D eigenvalue weighted by Crippen LogP contribution is 2.31. The van der Waals surface area contributed by atoms with E-state index in [1.165, 1.54) is 47.3 Å². The fraction of sp³-hybridized carbons (Fsp3) is 0.800. The van der Waals surface area contributed by atoms with E-state index < -0.39 is 0 Å². The Kier molecular flexibility index (Phi) is 4.89. The molecular weight excluding hydrogens is 286 g/mol. The molecule has 2 fully saturated rings. The number of aryl methyl sites for hydroxylation is 1. The number of nitrogens with one attached hydrogen (secondary N) is 1. The summed E-state index contributed by atoms with van der Waals surface area (Å²) >= 11 is 4.04. The Morgan fingerprint density at radius 1 is 1.35 bits per heavy atom. The molecule has 1 N–H and O–H groups in total. The molecule has 5 heteroatoms. The number of hydrogen-bond donors (Lipinski definition) is 1. The molecule has 1 aliphatic carbocycles. The average molecular weight is 312 g/mol. The maximum atomic E-state index is 4.91. The van der Waals surface area contributed by atoms with Gasteiger partial charge in [0.1, 0.15) is 0 Å². The summed E-state index contributed by atoms with van der Waals surface area (Å²) in [6.07, 6.45) is 5.03. The van der Waals surface area contributed by atoms with E-state index in [9.17, 15) is 0 Å². The lowest BCUT2D eigenvalue weighted by molar-refractivity contribution is 0.688. The summed E-state index contributed by atoms with van der Waals surface area (Å²) in [5.41, 5.74) is 1.31. The van der Waals surface area contributed by atoms with Gasteiger partial charge in [-0.25, -0.2) is 4.98 Å². The minimum atomic E-state index is 0.779. The third kappa shape index (κ3) is 3.49. The molecule has 0 spiro atoms. The van der Waals surface area contributed by atoms with E-state index >= 15 is 0 Å². The molecule has 1 saturated carbocycles. The summed E-state index contributed by atoms with van der Waals surface area (Å²) in [5, 5.41) is 5.67. The van der Waals surface area contributed by atoms with Crippen molar-refractivity contribution in [1.82, 2.24) is 10.3 Å². The zero-order valence-corrected chi connectivity index (χ0v) is 14.2. The fourth-order valence-electron chi connectivity index (χ4n) is 2.58. The smallest absolute Gasteiger partial charge is 0.185 e. The lowest BCUT2D eigenvalue weighted by Gasteiger charge is -2.31. The Morgan fingerprint density at radius 2 is 2.20 bits per heavy atom. The highest BCUT2D eigenvalue weighted by Gasteiger charge is 2.24. The molecule has 112 valence electrons. The molecule has 1 aliphatic heterocycles. The Balaban J connectivity index is 1.68. The van der Waals surface area contributed by atoms with Crippen LogP contribution < -0.4 is 10.2 Å². The number of hydrogen-bond acceptors (Lipinski definition) is 5. The molecule has 1 atom stereocenters. The maximum absolute atomic E-state index is 4.91. The van der Waals surface area contributed by atoms with E-state index in [1.807, 2.05) is 11.3 Å². The first-order valence-corrected chi connectivity index (χ1v) is 9.75. The van der Waals surface area contributed by atoms with Crippen molar-refractivity contribution in [2.45, 2.75) is 57.4 Å². The van der Waals surface area contributed by atoms with E-state index in [2.05, 4.69) is 35.8 Å². The Labute approximate surface area is 130 Å². The van der Waals surface area contributed by atoms with Crippen LogP contribution in [-0.2, 0) is 13.0 Å². The molecule has 1 saturated heterocycles. The summed E-state index contributed by atoms with van der Waals surface area (Å²) in [7, 11) is 0. The van der Waals surface area contributed by atoms with Crippen molar-refractivity contribution in [3.63, 3.8) is 0 Å². The van der Waals surface area contributed by atoms with Crippen LogP contribution in [0.4, 0.5) is 5.13 Å². The monoisotopic (exact) mass is 311 g/mol. The van der Waals surface area contributed by atoms with Crippen molar-refractivity contribution in [3.8, 4) is 0 Å². The molecule has 0 bridgehead atoms. The van der Waals surface area contributed by atoms with Crippen molar-refractivity contribution in [3.05, 3.63) is 10.6 Å². The number of thioether (sulfide) groups is 1.